The Kier molecular flexibility index (Phi) is 5.67. The number of imide groups is 1. The first-order valence-electron chi connectivity index (χ1n) is 8.16. The van der Waals surface area contributed by atoms with Crippen molar-refractivity contribution in [3.63, 3.8) is 0 Å². The summed E-state index contributed by atoms with van der Waals surface area (Å²) in [5, 5.41) is 7.64. The van der Waals surface area contributed by atoms with Crippen molar-refractivity contribution in [3.05, 3.63) is 46.0 Å². The molecule has 0 bridgehead atoms. The molecule has 3 amide bonds. The highest BCUT2D eigenvalue weighted by Gasteiger charge is 2.48. The Morgan fingerprint density at radius 3 is 2.85 bits per heavy atom. The predicted octanol–water partition coefficient (Wildman–Crippen LogP) is 1.95. The summed E-state index contributed by atoms with van der Waals surface area (Å²) in [5.74, 6) is -0.0569. The van der Waals surface area contributed by atoms with Crippen molar-refractivity contribution in [2.45, 2.75) is 19.1 Å². The van der Waals surface area contributed by atoms with E-state index in [2.05, 4.69) is 20.8 Å². The molecule has 0 aliphatic carbocycles. The molecule has 0 spiro atoms. The summed E-state index contributed by atoms with van der Waals surface area (Å²) >= 11 is 12.0. The minimum Gasteiger partial charge on any atom is -0.322 e. The summed E-state index contributed by atoms with van der Waals surface area (Å²) in [6.45, 7) is 2.07. The van der Waals surface area contributed by atoms with Crippen molar-refractivity contribution in [2.24, 2.45) is 10.1 Å². The lowest BCUT2D eigenvalue weighted by molar-refractivity contribution is -0.126. The van der Waals surface area contributed by atoms with E-state index in [9.17, 15) is 9.59 Å². The van der Waals surface area contributed by atoms with Crippen molar-refractivity contribution in [1.82, 2.24) is 20.5 Å². The Hall–Kier alpha value is -2.58. The van der Waals surface area contributed by atoms with Crippen LogP contribution in [-0.2, 0) is 4.79 Å². The van der Waals surface area contributed by atoms with Crippen LogP contribution < -0.4 is 10.7 Å². The number of likely N-dealkylation sites (N-methyl/N-ethyl adjacent to an activating group) is 1. The first kappa shape index (κ1) is 19.2. The minimum absolute atomic E-state index is 0.333. The second-order valence-corrected chi connectivity index (χ2v) is 7.05. The Labute approximate surface area is 166 Å². The van der Waals surface area contributed by atoms with Gasteiger partial charge in [-0.1, -0.05) is 47.5 Å². The Balaban J connectivity index is 1.84. The van der Waals surface area contributed by atoms with Gasteiger partial charge in [0.25, 0.3) is 5.91 Å². The van der Waals surface area contributed by atoms with Gasteiger partial charge in [0.2, 0.25) is 5.96 Å². The molecular formula is C17H18Cl2N6O2. The molecule has 3 rings (SSSR count). The van der Waals surface area contributed by atoms with Gasteiger partial charge in [-0.05, 0) is 13.0 Å². The first-order chi connectivity index (χ1) is 12.9. The van der Waals surface area contributed by atoms with Crippen LogP contribution in [0.2, 0.25) is 5.02 Å². The van der Waals surface area contributed by atoms with E-state index < -0.39 is 24.1 Å². The number of nitrogens with one attached hydrogen (secondary N) is 2. The average Bonchev–Trinajstić information content (AvgIpc) is 2.99. The van der Waals surface area contributed by atoms with E-state index in [1.807, 2.05) is 18.2 Å². The molecule has 10 heteroatoms. The van der Waals surface area contributed by atoms with Crippen LogP contribution in [0.1, 0.15) is 12.5 Å². The maximum atomic E-state index is 12.4. The SMILES string of the molecule is C/C(Cl)=C\CN1C(N/N=C/c2ccccc2Cl)=NC2C1C(=O)NC(=O)N2C. The maximum absolute atomic E-state index is 12.4. The topological polar surface area (TPSA) is 89.4 Å². The van der Waals surface area contributed by atoms with Gasteiger partial charge in [0.05, 0.1) is 6.21 Å². The molecule has 1 aromatic rings. The molecule has 1 aromatic carbocycles. The fourth-order valence-electron chi connectivity index (χ4n) is 2.78. The lowest BCUT2D eigenvalue weighted by Crippen LogP contribution is -2.64. The molecule has 2 aliphatic rings. The number of benzene rings is 1. The molecule has 27 heavy (non-hydrogen) atoms. The number of hydrazone groups is 1. The van der Waals surface area contributed by atoms with E-state index in [1.54, 1.807) is 37.2 Å². The van der Waals surface area contributed by atoms with Crippen LogP contribution in [0.3, 0.4) is 0 Å². The Morgan fingerprint density at radius 2 is 2.15 bits per heavy atom. The first-order valence-corrected chi connectivity index (χ1v) is 8.92. The molecule has 2 atom stereocenters. The summed E-state index contributed by atoms with van der Waals surface area (Å²) in [7, 11) is 1.58. The van der Waals surface area contributed by atoms with Crippen molar-refractivity contribution < 1.29 is 9.59 Å². The Bertz CT molecular complexity index is 850. The summed E-state index contributed by atoms with van der Waals surface area (Å²) in [5.41, 5.74) is 3.57. The number of fused-ring (bicyclic) bond motifs is 1. The van der Waals surface area contributed by atoms with Gasteiger partial charge in [-0.2, -0.15) is 5.10 Å². The van der Waals surface area contributed by atoms with Crippen LogP contribution in [0.15, 0.2) is 45.5 Å². The molecule has 2 unspecified atom stereocenters. The van der Waals surface area contributed by atoms with Crippen molar-refractivity contribution in [3.8, 4) is 0 Å². The Morgan fingerprint density at radius 1 is 1.41 bits per heavy atom. The molecule has 1 fully saturated rings. The zero-order valence-electron chi connectivity index (χ0n) is 14.7. The van der Waals surface area contributed by atoms with Crippen LogP contribution in [0.4, 0.5) is 4.79 Å². The van der Waals surface area contributed by atoms with Gasteiger partial charge in [-0.3, -0.25) is 10.1 Å². The van der Waals surface area contributed by atoms with Crippen LogP contribution in [0.5, 0.6) is 0 Å². The molecule has 2 aliphatic heterocycles. The smallest absolute Gasteiger partial charge is 0.322 e. The lowest BCUT2D eigenvalue weighted by Gasteiger charge is -2.35. The number of guanidine groups is 1. The number of halogens is 2. The highest BCUT2D eigenvalue weighted by molar-refractivity contribution is 6.33. The molecule has 0 radical (unpaired) electrons. The molecule has 2 heterocycles. The van der Waals surface area contributed by atoms with E-state index in [4.69, 9.17) is 23.2 Å². The normalized spacial score (nSPS) is 22.8. The predicted molar refractivity (Wildman–Crippen MR) is 105 cm³/mol. The van der Waals surface area contributed by atoms with E-state index in [1.165, 1.54) is 4.90 Å². The third kappa shape index (κ3) is 4.06. The van der Waals surface area contributed by atoms with Crippen LogP contribution in [0, 0.1) is 0 Å². The third-order valence-electron chi connectivity index (χ3n) is 4.20. The number of carbonyl (C=O) groups is 2. The number of hydrogen-bond acceptors (Lipinski definition) is 6. The number of aliphatic imine (C=N–C) groups is 1. The van der Waals surface area contributed by atoms with Gasteiger partial charge in [-0.15, -0.1) is 0 Å². The van der Waals surface area contributed by atoms with Crippen LogP contribution in [0.25, 0.3) is 0 Å². The molecule has 0 saturated carbocycles. The fourth-order valence-corrected chi connectivity index (χ4v) is 3.04. The molecule has 0 aromatic heterocycles. The number of nitrogens with zero attached hydrogens (tertiary/aromatic N) is 4. The number of rotatable bonds is 4. The zero-order valence-corrected chi connectivity index (χ0v) is 16.2. The molecule has 1 saturated heterocycles. The number of amides is 3. The lowest BCUT2D eigenvalue weighted by atomic mass is 10.1. The number of urea groups is 1. The van der Waals surface area contributed by atoms with Gasteiger partial charge in [0.15, 0.2) is 12.2 Å². The summed E-state index contributed by atoms with van der Waals surface area (Å²) in [6, 6.07) is 6.09. The molecular weight excluding hydrogens is 391 g/mol. The summed E-state index contributed by atoms with van der Waals surface area (Å²) in [6.07, 6.45) is 2.67. The number of carbonyl (C=O) groups excluding carboxylic acids is 2. The minimum atomic E-state index is -0.669. The fraction of sp³-hybridized carbons (Fsp3) is 0.294. The molecule has 142 valence electrons. The van der Waals surface area contributed by atoms with E-state index in [0.29, 0.717) is 22.6 Å². The standard InChI is InChI=1S/C17H18Cl2N6O2/c1-10(18)7-8-25-13-14(24(2)17(27)22-15(13)26)21-16(25)23-20-9-11-5-3-4-6-12(11)19/h3-7,9,13-14H,8H2,1-2H3,(H,21,23)(H,22,26,27)/b10-7+,20-9+. The van der Waals surface area contributed by atoms with Gasteiger partial charge >= 0.3 is 6.03 Å². The van der Waals surface area contributed by atoms with E-state index in [0.717, 1.165) is 5.56 Å². The van der Waals surface area contributed by atoms with Crippen molar-refractivity contribution >= 4 is 47.3 Å². The molecule has 2 N–H and O–H groups in total. The highest BCUT2D eigenvalue weighted by Crippen LogP contribution is 2.23. The zero-order chi connectivity index (χ0) is 19.6. The second-order valence-electron chi connectivity index (χ2n) is 6.05. The van der Waals surface area contributed by atoms with Gasteiger partial charge in [0.1, 0.15) is 0 Å². The van der Waals surface area contributed by atoms with E-state index in [-0.39, 0.29) is 0 Å². The summed E-state index contributed by atoms with van der Waals surface area (Å²) in [4.78, 5) is 31.8. The molecule has 8 nitrogen and oxygen atoms in total. The maximum Gasteiger partial charge on any atom is 0.325 e. The quantitative estimate of drug-likeness (QED) is 0.588. The summed E-state index contributed by atoms with van der Waals surface area (Å²) < 4.78 is 0. The van der Waals surface area contributed by atoms with Crippen molar-refractivity contribution in [1.29, 1.82) is 0 Å². The van der Waals surface area contributed by atoms with Gasteiger partial charge in [-0.25, -0.2) is 15.2 Å². The van der Waals surface area contributed by atoms with Crippen molar-refractivity contribution in [2.75, 3.05) is 13.6 Å². The van der Waals surface area contributed by atoms with Crippen LogP contribution >= 0.6 is 23.2 Å². The second kappa shape index (κ2) is 7.98. The number of allylic oxidation sites excluding steroid dienone is 1. The largest absolute Gasteiger partial charge is 0.325 e. The monoisotopic (exact) mass is 408 g/mol. The third-order valence-corrected chi connectivity index (χ3v) is 4.70. The van der Waals surface area contributed by atoms with Gasteiger partial charge in [0, 0.05) is 29.2 Å². The van der Waals surface area contributed by atoms with Gasteiger partial charge < -0.3 is 9.80 Å². The van der Waals surface area contributed by atoms with E-state index >= 15 is 0 Å². The number of hydrogen-bond donors (Lipinski definition) is 2. The highest BCUT2D eigenvalue weighted by atomic mass is 35.5. The average molecular weight is 409 g/mol. The van der Waals surface area contributed by atoms with Crippen LogP contribution in [-0.4, -0.2) is 59.7 Å².